The smallest absolute Gasteiger partial charge is 0.211 e. The van der Waals surface area contributed by atoms with Crippen molar-refractivity contribution in [3.05, 3.63) is 29.6 Å². The van der Waals surface area contributed by atoms with Crippen LogP contribution in [0.4, 0.5) is 4.39 Å². The number of sulfonamides is 1. The largest absolute Gasteiger partial charge is 0.242 e. The fourth-order valence-electron chi connectivity index (χ4n) is 1.46. The van der Waals surface area contributed by atoms with Gasteiger partial charge in [-0.3, -0.25) is 0 Å². The van der Waals surface area contributed by atoms with E-state index in [-0.39, 0.29) is 4.90 Å². The monoisotopic (exact) mass is 254 g/mol. The number of rotatable bonds is 4. The Kier molecular flexibility index (Phi) is 3.13. The average molecular weight is 254 g/mol. The predicted molar refractivity (Wildman–Crippen MR) is 59.0 cm³/mol. The highest BCUT2D eigenvalue weighted by Gasteiger charge is 2.26. The Morgan fingerprint density at radius 3 is 2.76 bits per heavy atom. The molecule has 1 aliphatic carbocycles. The Morgan fingerprint density at radius 1 is 1.47 bits per heavy atom. The molecule has 17 heavy (non-hydrogen) atoms. The summed E-state index contributed by atoms with van der Waals surface area (Å²) in [4.78, 5) is -0.291. The molecule has 0 heterocycles. The zero-order valence-corrected chi connectivity index (χ0v) is 9.80. The first kappa shape index (κ1) is 12.0. The fraction of sp³-hybridized carbons (Fsp3) is 0.364. The zero-order valence-electron chi connectivity index (χ0n) is 8.98. The third kappa shape index (κ3) is 2.62. The molecule has 4 nitrogen and oxygen atoms in total. The number of nitriles is 1. The van der Waals surface area contributed by atoms with E-state index >= 15 is 0 Å². The molecule has 0 radical (unpaired) electrons. The summed E-state index contributed by atoms with van der Waals surface area (Å²) in [5.74, 6) is -0.439. The molecule has 0 unspecified atom stereocenters. The number of benzene rings is 1. The summed E-state index contributed by atoms with van der Waals surface area (Å²) in [6.07, 6.45) is 2.02. The van der Waals surface area contributed by atoms with Gasteiger partial charge in [0.15, 0.2) is 0 Å². The van der Waals surface area contributed by atoms with Crippen molar-refractivity contribution in [3.8, 4) is 6.07 Å². The van der Waals surface area contributed by atoms with Crippen molar-refractivity contribution in [1.29, 1.82) is 5.26 Å². The van der Waals surface area contributed by atoms with Gasteiger partial charge in [-0.1, -0.05) is 6.07 Å². The molecule has 0 aliphatic heterocycles. The highest BCUT2D eigenvalue weighted by atomic mass is 32.2. The Labute approximate surface area is 99.1 Å². The van der Waals surface area contributed by atoms with Crippen molar-refractivity contribution in [2.24, 2.45) is 5.92 Å². The lowest BCUT2D eigenvalue weighted by molar-refractivity contribution is 0.573. The lowest BCUT2D eigenvalue weighted by atomic mass is 10.2. The van der Waals surface area contributed by atoms with Gasteiger partial charge >= 0.3 is 0 Å². The molecule has 1 saturated carbocycles. The Bertz CT molecular complexity index is 574. The first-order valence-electron chi connectivity index (χ1n) is 5.23. The fourth-order valence-corrected chi connectivity index (χ4v) is 2.74. The van der Waals surface area contributed by atoms with Crippen molar-refractivity contribution < 1.29 is 12.8 Å². The number of hydrogen-bond acceptors (Lipinski definition) is 3. The summed E-state index contributed by atoms with van der Waals surface area (Å²) in [7, 11) is -3.79. The minimum Gasteiger partial charge on any atom is -0.211 e. The maximum atomic E-state index is 13.3. The van der Waals surface area contributed by atoms with E-state index in [4.69, 9.17) is 5.26 Å². The first-order chi connectivity index (χ1) is 8.04. The molecular weight excluding hydrogens is 243 g/mol. The van der Waals surface area contributed by atoms with E-state index in [2.05, 4.69) is 4.72 Å². The van der Waals surface area contributed by atoms with Crippen LogP contribution in [0.3, 0.4) is 0 Å². The molecule has 1 aliphatic rings. The second kappa shape index (κ2) is 4.43. The topological polar surface area (TPSA) is 70.0 Å². The molecule has 0 spiro atoms. The zero-order chi connectivity index (χ0) is 12.5. The average Bonchev–Trinajstić information content (AvgIpc) is 3.10. The number of nitrogens with zero attached hydrogens (tertiary/aromatic N) is 1. The molecule has 0 amide bonds. The molecule has 90 valence electrons. The van der Waals surface area contributed by atoms with Crippen LogP contribution in [-0.4, -0.2) is 15.0 Å². The number of hydrogen-bond donors (Lipinski definition) is 1. The van der Waals surface area contributed by atoms with Gasteiger partial charge in [-0.25, -0.2) is 17.5 Å². The lowest BCUT2D eigenvalue weighted by Gasteiger charge is -2.07. The van der Waals surface area contributed by atoms with Crippen LogP contribution in [0, 0.1) is 23.1 Å². The Hall–Kier alpha value is -1.45. The Morgan fingerprint density at radius 2 is 2.18 bits per heavy atom. The molecule has 2 rings (SSSR count). The maximum Gasteiger partial charge on any atom is 0.242 e. The Balaban J connectivity index is 2.31. The van der Waals surface area contributed by atoms with E-state index in [9.17, 15) is 12.8 Å². The van der Waals surface area contributed by atoms with E-state index in [0.29, 0.717) is 12.5 Å². The lowest BCUT2D eigenvalue weighted by Crippen LogP contribution is -2.26. The quantitative estimate of drug-likeness (QED) is 0.882. The summed E-state index contributed by atoms with van der Waals surface area (Å²) in [5, 5.41) is 8.77. The first-order valence-corrected chi connectivity index (χ1v) is 6.71. The van der Waals surface area contributed by atoms with Crippen LogP contribution in [0.1, 0.15) is 18.4 Å². The van der Waals surface area contributed by atoms with Crippen LogP contribution in [0.2, 0.25) is 0 Å². The van der Waals surface area contributed by atoms with Crippen LogP contribution < -0.4 is 4.72 Å². The van der Waals surface area contributed by atoms with Gasteiger partial charge in [0.05, 0.1) is 0 Å². The molecule has 1 fully saturated rings. The van der Waals surface area contributed by atoms with Gasteiger partial charge in [-0.2, -0.15) is 5.26 Å². The van der Waals surface area contributed by atoms with Crippen LogP contribution in [0.25, 0.3) is 0 Å². The van der Waals surface area contributed by atoms with Crippen molar-refractivity contribution in [2.45, 2.75) is 17.7 Å². The molecule has 0 bridgehead atoms. The maximum absolute atomic E-state index is 13.3. The highest BCUT2D eigenvalue weighted by molar-refractivity contribution is 7.89. The molecule has 1 aromatic carbocycles. The van der Waals surface area contributed by atoms with Crippen LogP contribution in [0.15, 0.2) is 23.1 Å². The van der Waals surface area contributed by atoms with Gasteiger partial charge in [0.25, 0.3) is 0 Å². The third-order valence-electron chi connectivity index (χ3n) is 2.64. The highest BCUT2D eigenvalue weighted by Crippen LogP contribution is 2.28. The minimum absolute atomic E-state index is 0.291. The summed E-state index contributed by atoms with van der Waals surface area (Å²) >= 11 is 0. The summed E-state index contributed by atoms with van der Waals surface area (Å²) < 4.78 is 39.4. The van der Waals surface area contributed by atoms with Gasteiger partial charge in [0.2, 0.25) is 10.0 Å². The molecular formula is C11H11FN2O2S. The SMILES string of the molecule is N#Cc1c(F)cccc1S(=O)(=O)NCC1CC1. The molecule has 1 N–H and O–H groups in total. The number of nitrogens with one attached hydrogen (secondary N) is 1. The van der Waals surface area contributed by atoms with E-state index < -0.39 is 21.4 Å². The van der Waals surface area contributed by atoms with Crippen molar-refractivity contribution in [1.82, 2.24) is 4.72 Å². The van der Waals surface area contributed by atoms with E-state index in [0.717, 1.165) is 18.9 Å². The van der Waals surface area contributed by atoms with Crippen LogP contribution in [-0.2, 0) is 10.0 Å². The standard InChI is InChI=1S/C11H11FN2O2S/c12-10-2-1-3-11(9(10)6-13)17(15,16)14-7-8-4-5-8/h1-3,8,14H,4-5,7H2. The molecule has 1 aromatic rings. The summed E-state index contributed by atoms with van der Waals surface area (Å²) in [5.41, 5.74) is -0.434. The molecule has 6 heteroatoms. The van der Waals surface area contributed by atoms with Gasteiger partial charge in [0, 0.05) is 6.54 Å². The van der Waals surface area contributed by atoms with E-state index in [1.165, 1.54) is 12.1 Å². The second-order valence-electron chi connectivity index (χ2n) is 4.02. The second-order valence-corrected chi connectivity index (χ2v) is 5.76. The van der Waals surface area contributed by atoms with Crippen molar-refractivity contribution in [3.63, 3.8) is 0 Å². The molecule has 0 atom stereocenters. The van der Waals surface area contributed by atoms with Crippen molar-refractivity contribution in [2.75, 3.05) is 6.54 Å². The van der Waals surface area contributed by atoms with Crippen LogP contribution in [0.5, 0.6) is 0 Å². The van der Waals surface area contributed by atoms with Gasteiger partial charge in [-0.15, -0.1) is 0 Å². The van der Waals surface area contributed by atoms with E-state index in [1.807, 2.05) is 0 Å². The van der Waals surface area contributed by atoms with Crippen molar-refractivity contribution >= 4 is 10.0 Å². The predicted octanol–water partition coefficient (Wildman–Crippen LogP) is 1.39. The summed E-state index contributed by atoms with van der Waals surface area (Å²) in [6, 6.07) is 5.16. The summed E-state index contributed by atoms with van der Waals surface area (Å²) in [6.45, 7) is 0.351. The third-order valence-corrected chi connectivity index (χ3v) is 4.10. The normalized spacial score (nSPS) is 15.5. The van der Waals surface area contributed by atoms with Crippen LogP contribution >= 0.6 is 0 Å². The minimum atomic E-state index is -3.79. The van der Waals surface area contributed by atoms with Gasteiger partial charge in [0.1, 0.15) is 22.3 Å². The molecule has 0 saturated heterocycles. The molecule has 0 aromatic heterocycles. The van der Waals surface area contributed by atoms with E-state index in [1.54, 1.807) is 6.07 Å². The number of halogens is 1. The van der Waals surface area contributed by atoms with Gasteiger partial charge in [-0.05, 0) is 30.9 Å². The van der Waals surface area contributed by atoms with Gasteiger partial charge < -0.3 is 0 Å².